The number of hydrogen-bond donors (Lipinski definition) is 2. The first kappa shape index (κ1) is 25.3. The van der Waals surface area contributed by atoms with Crippen LogP contribution in [0.5, 0.6) is 0 Å². The highest BCUT2D eigenvalue weighted by Crippen LogP contribution is 2.25. The van der Waals surface area contributed by atoms with E-state index in [1.54, 1.807) is 19.1 Å². The summed E-state index contributed by atoms with van der Waals surface area (Å²) in [6.07, 6.45) is -1.45. The van der Waals surface area contributed by atoms with Crippen molar-refractivity contribution >= 4 is 29.1 Å². The van der Waals surface area contributed by atoms with Gasteiger partial charge >= 0.3 is 6.43 Å². The molecule has 0 aliphatic carbocycles. The first-order chi connectivity index (χ1) is 17.7. The van der Waals surface area contributed by atoms with E-state index in [1.807, 2.05) is 6.07 Å². The Morgan fingerprint density at radius 1 is 1.22 bits per heavy atom. The largest absolute Gasteiger partial charge is 0.355 e. The Kier molecular flexibility index (Phi) is 7.16. The van der Waals surface area contributed by atoms with Gasteiger partial charge in [0.25, 0.3) is 11.8 Å². The van der Waals surface area contributed by atoms with E-state index in [-0.39, 0.29) is 45.6 Å². The van der Waals surface area contributed by atoms with Crippen molar-refractivity contribution in [2.45, 2.75) is 19.9 Å². The summed E-state index contributed by atoms with van der Waals surface area (Å²) in [5.74, 6) is -1.81. The number of tetrazole rings is 1. The van der Waals surface area contributed by atoms with Gasteiger partial charge < -0.3 is 10.6 Å². The molecule has 2 amide bonds. The first-order valence-corrected chi connectivity index (χ1v) is 10.9. The summed E-state index contributed by atoms with van der Waals surface area (Å²) in [5.41, 5.74) is 1.17. The molecule has 15 heteroatoms. The van der Waals surface area contributed by atoms with Gasteiger partial charge in [-0.2, -0.15) is 15.2 Å². The molecule has 4 rings (SSSR count). The monoisotopic (exact) mass is 526 g/mol. The van der Waals surface area contributed by atoms with Crippen LogP contribution in [-0.2, 0) is 6.54 Å². The second-order valence-electron chi connectivity index (χ2n) is 7.58. The number of carbonyl (C=O) groups is 2. The summed E-state index contributed by atoms with van der Waals surface area (Å²) < 4.78 is 26.9. The molecular weight excluding hydrogens is 510 g/mol. The molecule has 0 spiro atoms. The van der Waals surface area contributed by atoms with Gasteiger partial charge in [-0.05, 0) is 48.0 Å². The molecule has 0 atom stereocenters. The molecule has 37 heavy (non-hydrogen) atoms. The summed E-state index contributed by atoms with van der Waals surface area (Å²) >= 11 is 6.29. The molecule has 3 heterocycles. The number of pyridine rings is 1. The molecule has 0 radical (unpaired) electrons. The summed E-state index contributed by atoms with van der Waals surface area (Å²) in [7, 11) is 1.42. The molecular formula is C22H17ClF2N10O2. The Balaban J connectivity index is 1.76. The van der Waals surface area contributed by atoms with E-state index in [0.717, 1.165) is 4.80 Å². The van der Waals surface area contributed by atoms with Crippen molar-refractivity contribution in [1.82, 2.24) is 40.3 Å². The third kappa shape index (κ3) is 5.26. The third-order valence-corrected chi connectivity index (χ3v) is 5.37. The summed E-state index contributed by atoms with van der Waals surface area (Å²) in [4.78, 5) is 31.0. The van der Waals surface area contributed by atoms with E-state index in [0.29, 0.717) is 5.56 Å². The van der Waals surface area contributed by atoms with Crippen LogP contribution in [0, 0.1) is 18.3 Å². The van der Waals surface area contributed by atoms with Crippen LogP contribution in [0.1, 0.15) is 49.9 Å². The Labute approximate surface area is 212 Å². The lowest BCUT2D eigenvalue weighted by atomic mass is 10.0. The molecule has 12 nitrogen and oxygen atoms in total. The lowest BCUT2D eigenvalue weighted by molar-refractivity contribution is 0.0963. The normalized spacial score (nSPS) is 10.8. The van der Waals surface area contributed by atoms with Crippen molar-refractivity contribution in [2.24, 2.45) is 0 Å². The average Bonchev–Trinajstić information content (AvgIpc) is 3.52. The van der Waals surface area contributed by atoms with Gasteiger partial charge in [0.05, 0.1) is 33.6 Å². The number of benzene rings is 1. The van der Waals surface area contributed by atoms with E-state index in [2.05, 4.69) is 36.1 Å². The zero-order chi connectivity index (χ0) is 26.7. The predicted octanol–water partition coefficient (Wildman–Crippen LogP) is 2.69. The zero-order valence-corrected chi connectivity index (χ0v) is 20.0. The van der Waals surface area contributed by atoms with E-state index >= 15 is 0 Å². The standard InChI is InChI=1S/C22H17ClF2N10O2/c1-11-6-12(9-26)7-14(21(36)27-2)17(11)29-22(37)16-8-13(10-34-32-19(18(24)25)30-33-34)31-35(16)20-15(23)4-3-5-28-20/h3-8,18H,10H2,1-2H3,(H,27,36)(H,29,37). The highest BCUT2D eigenvalue weighted by molar-refractivity contribution is 6.32. The minimum atomic E-state index is -2.90. The Morgan fingerprint density at radius 3 is 2.65 bits per heavy atom. The van der Waals surface area contributed by atoms with Crippen LogP contribution in [-0.4, -0.2) is 53.8 Å². The number of nitrogens with zero attached hydrogens (tertiary/aromatic N) is 8. The molecule has 3 aromatic heterocycles. The van der Waals surface area contributed by atoms with Gasteiger partial charge in [0.1, 0.15) is 12.2 Å². The Hall–Kier alpha value is -4.77. The molecule has 4 aromatic rings. The Morgan fingerprint density at radius 2 is 2.00 bits per heavy atom. The van der Waals surface area contributed by atoms with E-state index in [4.69, 9.17) is 11.6 Å². The molecule has 188 valence electrons. The van der Waals surface area contributed by atoms with E-state index < -0.39 is 24.1 Å². The summed E-state index contributed by atoms with van der Waals surface area (Å²) in [5, 5.41) is 29.4. The fraction of sp³-hybridized carbons (Fsp3) is 0.182. The van der Waals surface area contributed by atoms with Crippen molar-refractivity contribution in [3.05, 3.63) is 75.5 Å². The molecule has 0 fully saturated rings. The summed E-state index contributed by atoms with van der Waals surface area (Å²) in [6.45, 7) is 1.45. The summed E-state index contributed by atoms with van der Waals surface area (Å²) in [6, 6.07) is 9.38. The van der Waals surface area contributed by atoms with Gasteiger partial charge in [0, 0.05) is 13.2 Å². The van der Waals surface area contributed by atoms with Gasteiger partial charge in [-0.3, -0.25) is 9.59 Å². The van der Waals surface area contributed by atoms with Crippen LogP contribution in [0.25, 0.3) is 5.82 Å². The van der Waals surface area contributed by atoms with Gasteiger partial charge in [-0.1, -0.05) is 11.6 Å². The maximum atomic E-state index is 13.5. The number of amides is 2. The number of alkyl halides is 2. The van der Waals surface area contributed by atoms with Crippen molar-refractivity contribution in [1.29, 1.82) is 5.26 Å². The Bertz CT molecular complexity index is 1540. The number of nitriles is 1. The minimum Gasteiger partial charge on any atom is -0.355 e. The van der Waals surface area contributed by atoms with Crippen LogP contribution in [0.2, 0.25) is 5.02 Å². The van der Waals surface area contributed by atoms with Gasteiger partial charge in [-0.15, -0.1) is 10.2 Å². The highest BCUT2D eigenvalue weighted by atomic mass is 35.5. The number of aryl methyl sites for hydroxylation is 1. The second kappa shape index (κ2) is 10.5. The minimum absolute atomic E-state index is 0.0311. The lowest BCUT2D eigenvalue weighted by Gasteiger charge is -2.14. The second-order valence-corrected chi connectivity index (χ2v) is 7.99. The van der Waals surface area contributed by atoms with Crippen LogP contribution in [0.15, 0.2) is 36.5 Å². The van der Waals surface area contributed by atoms with Crippen molar-refractivity contribution in [2.75, 3.05) is 12.4 Å². The quantitative estimate of drug-likeness (QED) is 0.372. The topological polar surface area (TPSA) is 156 Å². The van der Waals surface area contributed by atoms with E-state index in [9.17, 15) is 23.6 Å². The van der Waals surface area contributed by atoms with Gasteiger partial charge in [-0.25, -0.2) is 18.4 Å². The van der Waals surface area contributed by atoms with Gasteiger partial charge in [0.2, 0.25) is 5.82 Å². The van der Waals surface area contributed by atoms with Crippen molar-refractivity contribution < 1.29 is 18.4 Å². The number of halogens is 3. The molecule has 0 aliphatic heterocycles. The maximum absolute atomic E-state index is 13.5. The molecule has 0 aliphatic rings. The molecule has 0 unspecified atom stereocenters. The lowest BCUT2D eigenvalue weighted by Crippen LogP contribution is -2.24. The van der Waals surface area contributed by atoms with Crippen molar-refractivity contribution in [3.8, 4) is 11.9 Å². The first-order valence-electron chi connectivity index (χ1n) is 10.6. The number of nitrogens with one attached hydrogen (secondary N) is 2. The van der Waals surface area contributed by atoms with Crippen molar-refractivity contribution in [3.63, 3.8) is 0 Å². The third-order valence-electron chi connectivity index (χ3n) is 5.07. The smallest absolute Gasteiger partial charge is 0.301 e. The molecule has 0 bridgehead atoms. The number of aromatic nitrogens is 7. The average molecular weight is 527 g/mol. The predicted molar refractivity (Wildman–Crippen MR) is 125 cm³/mol. The maximum Gasteiger partial charge on any atom is 0.301 e. The number of carbonyl (C=O) groups excluding carboxylic acids is 2. The number of rotatable bonds is 7. The molecule has 2 N–H and O–H groups in total. The van der Waals surface area contributed by atoms with Crippen LogP contribution in [0.4, 0.5) is 14.5 Å². The molecule has 1 aromatic carbocycles. The van der Waals surface area contributed by atoms with Crippen LogP contribution < -0.4 is 10.6 Å². The zero-order valence-electron chi connectivity index (χ0n) is 19.3. The highest BCUT2D eigenvalue weighted by Gasteiger charge is 2.23. The number of anilines is 1. The molecule has 0 saturated carbocycles. The van der Waals surface area contributed by atoms with Crippen LogP contribution >= 0.6 is 11.6 Å². The molecule has 0 saturated heterocycles. The van der Waals surface area contributed by atoms with Gasteiger partial charge in [0.15, 0.2) is 5.82 Å². The van der Waals surface area contributed by atoms with E-state index in [1.165, 1.54) is 36.1 Å². The SMILES string of the molecule is CNC(=O)c1cc(C#N)cc(C)c1NC(=O)c1cc(Cn2nnc(C(F)F)n2)nn1-c1ncccc1Cl. The number of hydrogen-bond acceptors (Lipinski definition) is 8. The van der Waals surface area contributed by atoms with Crippen LogP contribution in [0.3, 0.4) is 0 Å². The fourth-order valence-electron chi connectivity index (χ4n) is 3.43. The fourth-order valence-corrected chi connectivity index (χ4v) is 3.63.